The fourth-order valence-corrected chi connectivity index (χ4v) is 1.32. The Morgan fingerprint density at radius 3 is 2.27 bits per heavy atom. The molecule has 90 valence electrons. The third-order valence-corrected chi connectivity index (χ3v) is 2.65. The highest BCUT2D eigenvalue weighted by Crippen LogP contribution is 2.01. The van der Waals surface area contributed by atoms with E-state index in [0.29, 0.717) is 0 Å². The van der Waals surface area contributed by atoms with E-state index in [2.05, 4.69) is 24.1 Å². The highest BCUT2D eigenvalue weighted by molar-refractivity contribution is 5.77. The van der Waals surface area contributed by atoms with Crippen LogP contribution in [-0.2, 0) is 4.79 Å². The van der Waals surface area contributed by atoms with Crippen LogP contribution in [0.25, 0.3) is 0 Å². The number of nitrogens with one attached hydrogen (secondary N) is 1. The summed E-state index contributed by atoms with van der Waals surface area (Å²) in [4.78, 5) is 13.1. The van der Waals surface area contributed by atoms with Gasteiger partial charge in [-0.3, -0.25) is 4.79 Å². The van der Waals surface area contributed by atoms with Gasteiger partial charge in [0.05, 0.1) is 0 Å². The van der Waals surface area contributed by atoms with E-state index in [1.165, 1.54) is 0 Å². The van der Waals surface area contributed by atoms with Crippen LogP contribution in [0, 0.1) is 0 Å². The zero-order valence-electron chi connectivity index (χ0n) is 10.3. The Kier molecular flexibility index (Phi) is 6.52. The average Bonchev–Trinajstić information content (AvgIpc) is 2.18. The van der Waals surface area contributed by atoms with Crippen molar-refractivity contribution in [2.75, 3.05) is 26.2 Å². The minimum absolute atomic E-state index is 0.746. The first-order valence-corrected chi connectivity index (χ1v) is 5.64. The average molecular weight is 216 g/mol. The van der Waals surface area contributed by atoms with Crippen molar-refractivity contribution in [1.82, 2.24) is 10.2 Å². The van der Waals surface area contributed by atoms with E-state index in [-0.39, 0.29) is 0 Å². The number of hydrogen-bond acceptors (Lipinski definition) is 3. The van der Waals surface area contributed by atoms with Gasteiger partial charge >= 0.3 is 5.97 Å². The summed E-state index contributed by atoms with van der Waals surface area (Å²) >= 11 is 0. The summed E-state index contributed by atoms with van der Waals surface area (Å²) in [5.74, 6) is -0.801. The molecular formula is C11H24N2O2. The zero-order valence-corrected chi connectivity index (χ0v) is 10.3. The van der Waals surface area contributed by atoms with Crippen LogP contribution in [0.1, 0.15) is 34.1 Å². The molecule has 0 atom stereocenters. The van der Waals surface area contributed by atoms with E-state index >= 15 is 0 Å². The summed E-state index contributed by atoms with van der Waals surface area (Å²) in [6.07, 6.45) is 0.985. The molecule has 0 amide bonds. The molecule has 0 saturated carbocycles. The molecule has 0 saturated heterocycles. The Morgan fingerprint density at radius 2 is 1.87 bits per heavy atom. The van der Waals surface area contributed by atoms with Crippen LogP contribution in [0.4, 0.5) is 0 Å². The van der Waals surface area contributed by atoms with Crippen molar-refractivity contribution >= 4 is 5.97 Å². The normalized spacial score (nSPS) is 12.1. The number of nitrogens with zero attached hydrogens (tertiary/aromatic N) is 1. The first kappa shape index (κ1) is 14.4. The van der Waals surface area contributed by atoms with E-state index < -0.39 is 11.5 Å². The number of aliphatic carboxylic acids is 1. The SMILES string of the molecule is CCN(CC)CCCNC(C)(C)C(=O)O. The lowest BCUT2D eigenvalue weighted by Gasteiger charge is -2.22. The molecule has 0 spiro atoms. The Labute approximate surface area is 92.7 Å². The van der Waals surface area contributed by atoms with Gasteiger partial charge in [0.2, 0.25) is 0 Å². The molecule has 0 aliphatic heterocycles. The maximum absolute atomic E-state index is 10.8. The Balaban J connectivity index is 3.66. The van der Waals surface area contributed by atoms with E-state index in [1.807, 2.05) is 0 Å². The minimum atomic E-state index is -0.816. The molecule has 0 aliphatic carbocycles. The molecule has 4 nitrogen and oxygen atoms in total. The molecule has 0 bridgehead atoms. The van der Waals surface area contributed by atoms with Crippen LogP contribution in [0.3, 0.4) is 0 Å². The van der Waals surface area contributed by atoms with Gasteiger partial charge in [-0.1, -0.05) is 13.8 Å². The van der Waals surface area contributed by atoms with Crippen molar-refractivity contribution in [3.8, 4) is 0 Å². The summed E-state index contributed by atoms with van der Waals surface area (Å²) in [5.41, 5.74) is -0.816. The van der Waals surface area contributed by atoms with Gasteiger partial charge in [0.25, 0.3) is 0 Å². The number of carboxylic acid groups (broad SMARTS) is 1. The van der Waals surface area contributed by atoms with Crippen molar-refractivity contribution in [1.29, 1.82) is 0 Å². The van der Waals surface area contributed by atoms with Crippen LogP contribution < -0.4 is 5.32 Å². The molecule has 0 rings (SSSR count). The standard InChI is InChI=1S/C11H24N2O2/c1-5-13(6-2)9-7-8-12-11(3,4)10(14)15/h12H,5-9H2,1-4H3,(H,14,15). The van der Waals surface area contributed by atoms with E-state index in [0.717, 1.165) is 32.6 Å². The van der Waals surface area contributed by atoms with Gasteiger partial charge in [-0.2, -0.15) is 0 Å². The third-order valence-electron chi connectivity index (χ3n) is 2.65. The topological polar surface area (TPSA) is 52.6 Å². The Morgan fingerprint density at radius 1 is 1.33 bits per heavy atom. The lowest BCUT2D eigenvalue weighted by atomic mass is 10.1. The molecule has 0 aromatic rings. The smallest absolute Gasteiger partial charge is 0.323 e. The van der Waals surface area contributed by atoms with Gasteiger partial charge < -0.3 is 15.3 Å². The van der Waals surface area contributed by atoms with Gasteiger partial charge in [-0.15, -0.1) is 0 Å². The minimum Gasteiger partial charge on any atom is -0.480 e. The maximum atomic E-state index is 10.8. The second-order valence-corrected chi connectivity index (χ2v) is 4.24. The highest BCUT2D eigenvalue weighted by Gasteiger charge is 2.25. The van der Waals surface area contributed by atoms with Crippen LogP contribution in [0.2, 0.25) is 0 Å². The number of carboxylic acids is 1. The predicted molar refractivity (Wildman–Crippen MR) is 62.1 cm³/mol. The zero-order chi connectivity index (χ0) is 11.9. The summed E-state index contributed by atoms with van der Waals surface area (Å²) in [7, 11) is 0. The molecule has 0 unspecified atom stereocenters. The molecule has 4 heteroatoms. The molecule has 0 aromatic carbocycles. The fraction of sp³-hybridized carbons (Fsp3) is 0.909. The summed E-state index contributed by atoms with van der Waals surface area (Å²) in [5, 5.41) is 11.9. The summed E-state index contributed by atoms with van der Waals surface area (Å²) in [6, 6.07) is 0. The van der Waals surface area contributed by atoms with Crippen LogP contribution in [0.5, 0.6) is 0 Å². The van der Waals surface area contributed by atoms with Crippen LogP contribution >= 0.6 is 0 Å². The summed E-state index contributed by atoms with van der Waals surface area (Å²) in [6.45, 7) is 11.5. The quantitative estimate of drug-likeness (QED) is 0.598. The van der Waals surface area contributed by atoms with Crippen molar-refractivity contribution in [3.05, 3.63) is 0 Å². The van der Waals surface area contributed by atoms with E-state index in [9.17, 15) is 4.79 Å². The van der Waals surface area contributed by atoms with Crippen molar-refractivity contribution < 1.29 is 9.90 Å². The molecule has 0 fully saturated rings. The molecule has 0 aliphatic rings. The van der Waals surface area contributed by atoms with Crippen molar-refractivity contribution in [2.45, 2.75) is 39.7 Å². The van der Waals surface area contributed by atoms with Crippen molar-refractivity contribution in [2.24, 2.45) is 0 Å². The Hall–Kier alpha value is -0.610. The summed E-state index contributed by atoms with van der Waals surface area (Å²) < 4.78 is 0. The molecule has 2 N–H and O–H groups in total. The first-order chi connectivity index (χ1) is 6.94. The van der Waals surface area contributed by atoms with Gasteiger partial charge in [-0.25, -0.2) is 0 Å². The Bertz CT molecular complexity index is 189. The fourth-order valence-electron chi connectivity index (χ4n) is 1.32. The van der Waals surface area contributed by atoms with Gasteiger partial charge in [0, 0.05) is 0 Å². The second-order valence-electron chi connectivity index (χ2n) is 4.24. The lowest BCUT2D eigenvalue weighted by Crippen LogP contribution is -2.47. The highest BCUT2D eigenvalue weighted by atomic mass is 16.4. The molecule has 0 heterocycles. The largest absolute Gasteiger partial charge is 0.480 e. The monoisotopic (exact) mass is 216 g/mol. The third kappa shape index (κ3) is 5.74. The lowest BCUT2D eigenvalue weighted by molar-refractivity contribution is -0.143. The second kappa shape index (κ2) is 6.80. The van der Waals surface area contributed by atoms with Crippen LogP contribution in [-0.4, -0.2) is 47.7 Å². The van der Waals surface area contributed by atoms with Crippen molar-refractivity contribution in [3.63, 3.8) is 0 Å². The number of rotatable bonds is 8. The van der Waals surface area contributed by atoms with E-state index in [1.54, 1.807) is 13.8 Å². The molecular weight excluding hydrogens is 192 g/mol. The van der Waals surface area contributed by atoms with Crippen LogP contribution in [0.15, 0.2) is 0 Å². The van der Waals surface area contributed by atoms with E-state index in [4.69, 9.17) is 5.11 Å². The number of hydrogen-bond donors (Lipinski definition) is 2. The molecule has 15 heavy (non-hydrogen) atoms. The molecule has 0 radical (unpaired) electrons. The van der Waals surface area contributed by atoms with Gasteiger partial charge in [0.1, 0.15) is 5.54 Å². The molecule has 0 aromatic heterocycles. The van der Waals surface area contributed by atoms with Gasteiger partial charge in [0.15, 0.2) is 0 Å². The predicted octanol–water partition coefficient (Wildman–Crippen LogP) is 1.17. The van der Waals surface area contributed by atoms with Gasteiger partial charge in [-0.05, 0) is 46.4 Å². The first-order valence-electron chi connectivity index (χ1n) is 5.64. The number of carbonyl (C=O) groups is 1. The maximum Gasteiger partial charge on any atom is 0.323 e.